The summed E-state index contributed by atoms with van der Waals surface area (Å²) in [6.45, 7) is 7.59. The molecule has 1 nitrogen and oxygen atoms in total. The largest absolute Gasteiger partial charge is 0.368 e. The van der Waals surface area contributed by atoms with Gasteiger partial charge in [0, 0.05) is 0 Å². The molecule has 1 saturated heterocycles. The molecule has 0 bridgehead atoms. The van der Waals surface area contributed by atoms with Crippen molar-refractivity contribution in [1.29, 1.82) is 0 Å². The van der Waals surface area contributed by atoms with Gasteiger partial charge in [-0.3, -0.25) is 0 Å². The lowest BCUT2D eigenvalue weighted by atomic mass is 9.86. The standard InChI is InChI=1S/C12H16O/c1-12(2,3)10-6-4-9(5-7-10)11-8-13-11/h4-7,11H,8H2,1-3H3/t11-/m1/s1. The molecule has 1 atom stereocenters. The van der Waals surface area contributed by atoms with Crippen molar-refractivity contribution in [2.45, 2.75) is 32.3 Å². The normalized spacial score (nSPS) is 21.6. The van der Waals surface area contributed by atoms with Crippen LogP contribution >= 0.6 is 0 Å². The Hall–Kier alpha value is -0.820. The van der Waals surface area contributed by atoms with Crippen molar-refractivity contribution in [3.8, 4) is 0 Å². The van der Waals surface area contributed by atoms with E-state index < -0.39 is 0 Å². The Kier molecular flexibility index (Phi) is 1.92. The fourth-order valence-corrected chi connectivity index (χ4v) is 1.44. The summed E-state index contributed by atoms with van der Waals surface area (Å²) in [5, 5.41) is 0. The second kappa shape index (κ2) is 2.85. The van der Waals surface area contributed by atoms with Gasteiger partial charge in [0.2, 0.25) is 0 Å². The monoisotopic (exact) mass is 176 g/mol. The summed E-state index contributed by atoms with van der Waals surface area (Å²) < 4.78 is 5.22. The Bertz CT molecular complexity index is 288. The molecule has 13 heavy (non-hydrogen) atoms. The lowest BCUT2D eigenvalue weighted by molar-refractivity contribution is 0.415. The van der Waals surface area contributed by atoms with E-state index in [9.17, 15) is 0 Å². The zero-order chi connectivity index (χ0) is 9.47. The van der Waals surface area contributed by atoms with Gasteiger partial charge in [0.15, 0.2) is 0 Å². The highest BCUT2D eigenvalue weighted by atomic mass is 16.6. The van der Waals surface area contributed by atoms with Gasteiger partial charge >= 0.3 is 0 Å². The first-order valence-electron chi connectivity index (χ1n) is 4.79. The van der Waals surface area contributed by atoms with Crippen LogP contribution < -0.4 is 0 Å². The fourth-order valence-electron chi connectivity index (χ4n) is 1.44. The van der Waals surface area contributed by atoms with E-state index in [-0.39, 0.29) is 5.41 Å². The van der Waals surface area contributed by atoms with Crippen LogP contribution in [0.25, 0.3) is 0 Å². The summed E-state index contributed by atoms with van der Waals surface area (Å²) in [5.41, 5.74) is 2.95. The Labute approximate surface area is 79.7 Å². The Balaban J connectivity index is 2.22. The van der Waals surface area contributed by atoms with Crippen molar-refractivity contribution in [2.75, 3.05) is 6.61 Å². The zero-order valence-electron chi connectivity index (χ0n) is 8.50. The molecule has 70 valence electrons. The molecule has 0 unspecified atom stereocenters. The van der Waals surface area contributed by atoms with E-state index in [4.69, 9.17) is 4.74 Å². The van der Waals surface area contributed by atoms with E-state index in [1.165, 1.54) is 11.1 Å². The topological polar surface area (TPSA) is 12.5 Å². The van der Waals surface area contributed by atoms with Crippen molar-refractivity contribution in [3.05, 3.63) is 35.4 Å². The maximum absolute atomic E-state index is 5.22. The van der Waals surface area contributed by atoms with Crippen molar-refractivity contribution in [3.63, 3.8) is 0 Å². The van der Waals surface area contributed by atoms with Crippen LogP contribution in [-0.2, 0) is 10.2 Å². The van der Waals surface area contributed by atoms with Crippen LogP contribution in [0.15, 0.2) is 24.3 Å². The molecule has 0 aromatic heterocycles. The third-order valence-electron chi connectivity index (χ3n) is 2.48. The Morgan fingerprint density at radius 3 is 2.08 bits per heavy atom. The number of ether oxygens (including phenoxy) is 1. The molecular formula is C12H16O. The minimum absolute atomic E-state index is 0.253. The smallest absolute Gasteiger partial charge is 0.106 e. The molecule has 0 saturated carbocycles. The summed E-state index contributed by atoms with van der Waals surface area (Å²) in [6, 6.07) is 8.77. The van der Waals surface area contributed by atoms with Crippen LogP contribution in [0.3, 0.4) is 0 Å². The van der Waals surface area contributed by atoms with Crippen LogP contribution in [0, 0.1) is 0 Å². The predicted octanol–water partition coefficient (Wildman–Crippen LogP) is 3.06. The molecule has 1 heterocycles. The Morgan fingerprint density at radius 2 is 1.69 bits per heavy atom. The van der Waals surface area contributed by atoms with E-state index in [0.717, 1.165) is 6.61 Å². The molecule has 0 spiro atoms. The van der Waals surface area contributed by atoms with Crippen molar-refractivity contribution < 1.29 is 4.74 Å². The molecule has 1 heteroatoms. The van der Waals surface area contributed by atoms with E-state index in [1.54, 1.807) is 0 Å². The van der Waals surface area contributed by atoms with Gasteiger partial charge in [-0.1, -0.05) is 45.0 Å². The molecular weight excluding hydrogens is 160 g/mol. The van der Waals surface area contributed by atoms with Gasteiger partial charge < -0.3 is 4.74 Å². The van der Waals surface area contributed by atoms with Gasteiger partial charge in [-0.2, -0.15) is 0 Å². The van der Waals surface area contributed by atoms with Gasteiger partial charge in [0.1, 0.15) is 6.10 Å². The molecule has 1 aromatic rings. The first kappa shape index (κ1) is 8.76. The zero-order valence-corrected chi connectivity index (χ0v) is 8.50. The van der Waals surface area contributed by atoms with Crippen molar-refractivity contribution in [1.82, 2.24) is 0 Å². The van der Waals surface area contributed by atoms with E-state index >= 15 is 0 Å². The SMILES string of the molecule is CC(C)(C)c1ccc([C@H]2CO2)cc1. The summed E-state index contributed by atoms with van der Waals surface area (Å²) >= 11 is 0. The lowest BCUT2D eigenvalue weighted by Gasteiger charge is -2.18. The number of benzene rings is 1. The molecule has 0 radical (unpaired) electrons. The van der Waals surface area contributed by atoms with E-state index in [0.29, 0.717) is 6.10 Å². The second-order valence-electron chi connectivity index (χ2n) is 4.69. The minimum Gasteiger partial charge on any atom is -0.368 e. The molecule has 1 aliphatic heterocycles. The first-order chi connectivity index (χ1) is 6.07. The van der Waals surface area contributed by atoms with Gasteiger partial charge in [0.05, 0.1) is 6.61 Å². The highest BCUT2D eigenvalue weighted by molar-refractivity contribution is 5.29. The van der Waals surface area contributed by atoms with Crippen LogP contribution in [-0.4, -0.2) is 6.61 Å². The Morgan fingerprint density at radius 1 is 1.15 bits per heavy atom. The average Bonchev–Trinajstić information content (AvgIpc) is 2.85. The summed E-state index contributed by atoms with van der Waals surface area (Å²) in [6.07, 6.45) is 0.383. The number of hydrogen-bond donors (Lipinski definition) is 0. The molecule has 1 aromatic carbocycles. The fraction of sp³-hybridized carbons (Fsp3) is 0.500. The summed E-state index contributed by atoms with van der Waals surface area (Å²) in [7, 11) is 0. The minimum atomic E-state index is 0.253. The van der Waals surface area contributed by atoms with Gasteiger partial charge in [-0.25, -0.2) is 0 Å². The predicted molar refractivity (Wildman–Crippen MR) is 53.8 cm³/mol. The summed E-state index contributed by atoms with van der Waals surface area (Å²) in [4.78, 5) is 0. The lowest BCUT2D eigenvalue weighted by Crippen LogP contribution is -2.10. The average molecular weight is 176 g/mol. The quantitative estimate of drug-likeness (QED) is 0.599. The molecule has 1 fully saturated rings. The van der Waals surface area contributed by atoms with E-state index in [2.05, 4.69) is 45.0 Å². The third-order valence-corrected chi connectivity index (χ3v) is 2.48. The van der Waals surface area contributed by atoms with Gasteiger partial charge in [-0.05, 0) is 16.5 Å². The van der Waals surface area contributed by atoms with Crippen molar-refractivity contribution >= 4 is 0 Å². The van der Waals surface area contributed by atoms with Crippen LogP contribution in [0.2, 0.25) is 0 Å². The molecule has 0 amide bonds. The highest BCUT2D eigenvalue weighted by Crippen LogP contribution is 2.31. The molecule has 1 aliphatic rings. The van der Waals surface area contributed by atoms with Crippen LogP contribution in [0.5, 0.6) is 0 Å². The number of epoxide rings is 1. The third kappa shape index (κ3) is 1.92. The van der Waals surface area contributed by atoms with Gasteiger partial charge in [0.25, 0.3) is 0 Å². The first-order valence-corrected chi connectivity index (χ1v) is 4.79. The number of rotatable bonds is 1. The maximum Gasteiger partial charge on any atom is 0.106 e. The molecule has 2 rings (SSSR count). The van der Waals surface area contributed by atoms with Crippen LogP contribution in [0.1, 0.15) is 38.0 Å². The second-order valence-corrected chi connectivity index (χ2v) is 4.69. The van der Waals surface area contributed by atoms with Crippen molar-refractivity contribution in [2.24, 2.45) is 0 Å². The summed E-state index contributed by atoms with van der Waals surface area (Å²) in [5.74, 6) is 0. The molecule has 0 aliphatic carbocycles. The van der Waals surface area contributed by atoms with E-state index in [1.807, 2.05) is 0 Å². The van der Waals surface area contributed by atoms with Crippen LogP contribution in [0.4, 0.5) is 0 Å². The number of hydrogen-bond acceptors (Lipinski definition) is 1. The molecule has 0 N–H and O–H groups in total. The highest BCUT2D eigenvalue weighted by Gasteiger charge is 2.24. The van der Waals surface area contributed by atoms with Gasteiger partial charge in [-0.15, -0.1) is 0 Å². The maximum atomic E-state index is 5.22.